The summed E-state index contributed by atoms with van der Waals surface area (Å²) in [5.74, 6) is 4.57. The van der Waals surface area contributed by atoms with E-state index in [0.717, 1.165) is 40.2 Å². The van der Waals surface area contributed by atoms with Crippen LogP contribution in [0.5, 0.6) is 23.1 Å². The Morgan fingerprint density at radius 1 is 0.588 bits per heavy atom. The first-order valence-electron chi connectivity index (χ1n) is 11.5. The number of hydrogen-bond acceptors (Lipinski definition) is 2. The molecule has 0 amide bonds. The molecular weight excluding hydrogens is 422 g/mol. The molecule has 5 nitrogen and oxygen atoms in total. The summed E-state index contributed by atoms with van der Waals surface area (Å²) < 4.78 is 20.4. The maximum absolute atomic E-state index is 6.61. The summed E-state index contributed by atoms with van der Waals surface area (Å²) >= 11 is 0. The van der Waals surface area contributed by atoms with Gasteiger partial charge in [-0.3, -0.25) is 0 Å². The Bertz CT molecular complexity index is 1970. The molecule has 6 aromatic rings. The molecule has 34 heavy (non-hydrogen) atoms. The van der Waals surface area contributed by atoms with Crippen molar-refractivity contribution in [2.24, 2.45) is 0 Å². The Morgan fingerprint density at radius 2 is 1.35 bits per heavy atom. The largest absolute Gasteiger partial charge is 0.455 e. The van der Waals surface area contributed by atoms with Gasteiger partial charge in [0, 0.05) is 22.9 Å². The van der Waals surface area contributed by atoms with Crippen LogP contribution >= 0.6 is 0 Å². The SMILES string of the molecule is c1cc2c3c(c1)Oc1cccc4[n+]1C31c3c(ccc5c6ccccc6n(c35)-c3cccc-4[n+]31)O2. The number of pyridine rings is 2. The molecule has 4 aliphatic heterocycles. The van der Waals surface area contributed by atoms with Crippen molar-refractivity contribution < 1.29 is 18.6 Å². The van der Waals surface area contributed by atoms with E-state index in [9.17, 15) is 0 Å². The Morgan fingerprint density at radius 3 is 2.29 bits per heavy atom. The van der Waals surface area contributed by atoms with Crippen molar-refractivity contribution in [3.8, 4) is 40.3 Å². The molecule has 5 heteroatoms. The lowest BCUT2D eigenvalue weighted by molar-refractivity contribution is -0.939. The highest BCUT2D eigenvalue weighted by atomic mass is 16.5. The van der Waals surface area contributed by atoms with Crippen LogP contribution in [0.15, 0.2) is 91.0 Å². The first kappa shape index (κ1) is 16.0. The van der Waals surface area contributed by atoms with E-state index >= 15 is 0 Å². The Kier molecular flexibility index (Phi) is 2.28. The van der Waals surface area contributed by atoms with Crippen LogP contribution in [-0.2, 0) is 5.66 Å². The first-order chi connectivity index (χ1) is 16.9. The zero-order chi connectivity index (χ0) is 21.8. The third kappa shape index (κ3) is 1.38. The number of benzene rings is 3. The van der Waals surface area contributed by atoms with Gasteiger partial charge in [0.2, 0.25) is 5.69 Å². The number of aromatic nitrogens is 3. The topological polar surface area (TPSA) is 31.1 Å². The van der Waals surface area contributed by atoms with Crippen molar-refractivity contribution in [2.45, 2.75) is 5.66 Å². The van der Waals surface area contributed by atoms with Gasteiger partial charge in [-0.2, -0.15) is 4.57 Å². The number of rotatable bonds is 0. The molecule has 1 atom stereocenters. The average Bonchev–Trinajstić information content (AvgIpc) is 3.37. The highest BCUT2D eigenvalue weighted by Gasteiger charge is 2.71. The lowest BCUT2D eigenvalue weighted by atomic mass is 9.83. The van der Waals surface area contributed by atoms with Crippen molar-refractivity contribution in [1.29, 1.82) is 0 Å². The Hall–Kier alpha value is -4.64. The summed E-state index contributed by atoms with van der Waals surface area (Å²) in [6.07, 6.45) is 0. The molecule has 0 aliphatic carbocycles. The molecule has 7 heterocycles. The summed E-state index contributed by atoms with van der Waals surface area (Å²) in [5.41, 5.74) is 6.33. The van der Waals surface area contributed by atoms with E-state index < -0.39 is 5.66 Å². The van der Waals surface area contributed by atoms with Crippen molar-refractivity contribution in [3.63, 3.8) is 0 Å². The van der Waals surface area contributed by atoms with Crippen molar-refractivity contribution in [1.82, 2.24) is 4.57 Å². The fourth-order valence-corrected chi connectivity index (χ4v) is 6.94. The number of nitrogens with zero attached hydrogens (tertiary/aromatic N) is 3. The minimum atomic E-state index is -0.612. The fraction of sp³-hybridized carbons (Fsp3) is 0.0345. The number of hydrogen-bond donors (Lipinski definition) is 0. The van der Waals surface area contributed by atoms with Gasteiger partial charge in [0.1, 0.15) is 17.0 Å². The summed E-state index contributed by atoms with van der Waals surface area (Å²) in [6, 6.07) is 32.1. The molecule has 3 aromatic carbocycles. The summed E-state index contributed by atoms with van der Waals surface area (Å²) in [7, 11) is 0. The third-order valence-electron chi connectivity index (χ3n) is 7.98. The predicted octanol–water partition coefficient (Wildman–Crippen LogP) is 5.16. The van der Waals surface area contributed by atoms with Gasteiger partial charge in [0.15, 0.2) is 22.4 Å². The molecule has 0 saturated carbocycles. The standard InChI is InChI=1S/C29H15N3O2/c1-2-7-18-16(6-1)17-14-15-23-27-28(17)30(18)24-12-3-8-19-20-9-4-13-25-32(20)29(27,31(19)24)26-21(33-23)10-5-11-22(26)34-25/h1-15H/q+2. The van der Waals surface area contributed by atoms with Crippen LogP contribution in [0.25, 0.3) is 39.0 Å². The van der Waals surface area contributed by atoms with Gasteiger partial charge in [0.05, 0.1) is 6.07 Å². The molecule has 0 N–H and O–H groups in total. The highest BCUT2D eigenvalue weighted by molar-refractivity contribution is 6.11. The van der Waals surface area contributed by atoms with E-state index in [4.69, 9.17) is 9.47 Å². The van der Waals surface area contributed by atoms with Crippen LogP contribution in [-0.4, -0.2) is 4.57 Å². The lowest BCUT2D eigenvalue weighted by Crippen LogP contribution is -2.74. The minimum absolute atomic E-state index is 0.612. The van der Waals surface area contributed by atoms with Crippen LogP contribution in [0.3, 0.4) is 0 Å². The average molecular weight is 437 g/mol. The van der Waals surface area contributed by atoms with Crippen molar-refractivity contribution >= 4 is 21.8 Å². The first-order valence-corrected chi connectivity index (χ1v) is 11.5. The molecule has 4 aliphatic rings. The van der Waals surface area contributed by atoms with Crippen LogP contribution < -0.4 is 18.6 Å². The van der Waals surface area contributed by atoms with E-state index in [2.05, 4.69) is 98.6 Å². The maximum Gasteiger partial charge on any atom is 0.381 e. The van der Waals surface area contributed by atoms with Crippen LogP contribution in [0.4, 0.5) is 0 Å². The molecule has 3 aromatic heterocycles. The molecule has 0 saturated heterocycles. The van der Waals surface area contributed by atoms with E-state index in [1.807, 2.05) is 6.07 Å². The van der Waals surface area contributed by atoms with Gasteiger partial charge in [-0.05, 0) is 54.6 Å². The van der Waals surface area contributed by atoms with E-state index in [1.165, 1.54) is 33.1 Å². The number of ether oxygens (including phenoxy) is 2. The van der Waals surface area contributed by atoms with Gasteiger partial charge in [-0.15, -0.1) is 9.13 Å². The number of fused-ring (bicyclic) bond motifs is 5. The lowest BCUT2D eigenvalue weighted by Gasteiger charge is -2.36. The molecule has 0 bridgehead atoms. The minimum Gasteiger partial charge on any atom is -0.455 e. The second kappa shape index (κ2) is 4.82. The Balaban J connectivity index is 1.60. The summed E-state index contributed by atoms with van der Waals surface area (Å²) in [6.45, 7) is 0. The van der Waals surface area contributed by atoms with E-state index in [0.29, 0.717) is 0 Å². The van der Waals surface area contributed by atoms with Crippen LogP contribution in [0.2, 0.25) is 0 Å². The van der Waals surface area contributed by atoms with Gasteiger partial charge >= 0.3 is 11.5 Å². The molecule has 10 rings (SSSR count). The molecule has 1 unspecified atom stereocenters. The smallest absolute Gasteiger partial charge is 0.381 e. The monoisotopic (exact) mass is 437 g/mol. The second-order valence-corrected chi connectivity index (χ2v) is 9.38. The molecular formula is C29H15N3O2+2. The fourth-order valence-electron chi connectivity index (χ4n) is 6.94. The van der Waals surface area contributed by atoms with Gasteiger partial charge in [0.25, 0.3) is 11.5 Å². The third-order valence-corrected chi connectivity index (χ3v) is 7.98. The highest BCUT2D eigenvalue weighted by Crippen LogP contribution is 2.58. The summed E-state index contributed by atoms with van der Waals surface area (Å²) in [4.78, 5) is 0. The van der Waals surface area contributed by atoms with Gasteiger partial charge in [-0.1, -0.05) is 18.2 Å². The van der Waals surface area contributed by atoms with Crippen molar-refractivity contribution in [2.75, 3.05) is 0 Å². The summed E-state index contributed by atoms with van der Waals surface area (Å²) in [5, 5.41) is 2.49. The molecule has 0 radical (unpaired) electrons. The number of para-hydroxylation sites is 1. The van der Waals surface area contributed by atoms with Crippen LogP contribution in [0, 0.1) is 0 Å². The second-order valence-electron chi connectivity index (χ2n) is 9.38. The molecule has 0 fully saturated rings. The van der Waals surface area contributed by atoms with Crippen molar-refractivity contribution in [3.05, 3.63) is 102 Å². The zero-order valence-corrected chi connectivity index (χ0v) is 17.8. The van der Waals surface area contributed by atoms with E-state index in [-0.39, 0.29) is 0 Å². The Labute approximate surface area is 193 Å². The quantitative estimate of drug-likeness (QED) is 0.307. The van der Waals surface area contributed by atoms with E-state index in [1.54, 1.807) is 0 Å². The molecule has 156 valence electrons. The van der Waals surface area contributed by atoms with Gasteiger partial charge < -0.3 is 9.47 Å². The normalized spacial score (nSPS) is 18.6. The zero-order valence-electron chi connectivity index (χ0n) is 17.8. The predicted molar refractivity (Wildman–Crippen MR) is 125 cm³/mol. The molecule has 1 spiro atoms. The van der Waals surface area contributed by atoms with Gasteiger partial charge in [-0.25, -0.2) is 0 Å². The van der Waals surface area contributed by atoms with Crippen LogP contribution in [0.1, 0.15) is 11.1 Å². The maximum atomic E-state index is 6.61.